The SMILES string of the molecule is CCC(=O)Cn1cccc1C#N. The van der Waals surface area contributed by atoms with Gasteiger partial charge in [0.25, 0.3) is 0 Å². The maximum absolute atomic E-state index is 11.0. The van der Waals surface area contributed by atoms with Crippen LogP contribution in [-0.4, -0.2) is 10.4 Å². The number of hydrogen-bond acceptors (Lipinski definition) is 2. The Balaban J connectivity index is 2.76. The van der Waals surface area contributed by atoms with Crippen molar-refractivity contribution in [1.82, 2.24) is 4.57 Å². The Morgan fingerprint density at radius 1 is 1.75 bits per heavy atom. The van der Waals surface area contributed by atoms with Gasteiger partial charge < -0.3 is 4.57 Å². The van der Waals surface area contributed by atoms with E-state index in [1.165, 1.54) is 0 Å². The number of nitriles is 1. The first-order valence-electron chi connectivity index (χ1n) is 3.85. The zero-order valence-corrected chi connectivity index (χ0v) is 6.95. The predicted octanol–water partition coefficient (Wildman–Crippen LogP) is 1.34. The molecule has 0 saturated heterocycles. The number of aromatic nitrogens is 1. The third-order valence-electron chi connectivity index (χ3n) is 1.69. The van der Waals surface area contributed by atoms with Crippen LogP contribution < -0.4 is 0 Å². The molecule has 1 aromatic heterocycles. The summed E-state index contributed by atoms with van der Waals surface area (Å²) in [7, 11) is 0. The highest BCUT2D eigenvalue weighted by atomic mass is 16.1. The predicted molar refractivity (Wildman–Crippen MR) is 44.4 cm³/mol. The summed E-state index contributed by atoms with van der Waals surface area (Å²) < 4.78 is 1.66. The zero-order chi connectivity index (χ0) is 8.97. The maximum Gasteiger partial charge on any atom is 0.152 e. The average molecular weight is 162 g/mol. The molecule has 1 rings (SSSR count). The van der Waals surface area contributed by atoms with Gasteiger partial charge in [-0.05, 0) is 12.1 Å². The van der Waals surface area contributed by atoms with E-state index in [9.17, 15) is 4.79 Å². The van der Waals surface area contributed by atoms with Crippen LogP contribution in [0.4, 0.5) is 0 Å². The highest BCUT2D eigenvalue weighted by Crippen LogP contribution is 2.00. The summed E-state index contributed by atoms with van der Waals surface area (Å²) >= 11 is 0. The summed E-state index contributed by atoms with van der Waals surface area (Å²) in [6.45, 7) is 2.13. The molecular weight excluding hydrogens is 152 g/mol. The Kier molecular flexibility index (Phi) is 2.65. The quantitative estimate of drug-likeness (QED) is 0.673. The van der Waals surface area contributed by atoms with Crippen LogP contribution in [0.5, 0.6) is 0 Å². The average Bonchev–Trinajstić information content (AvgIpc) is 2.51. The van der Waals surface area contributed by atoms with E-state index in [0.717, 1.165) is 0 Å². The molecule has 1 heterocycles. The fraction of sp³-hybridized carbons (Fsp3) is 0.333. The van der Waals surface area contributed by atoms with Crippen molar-refractivity contribution >= 4 is 5.78 Å². The Morgan fingerprint density at radius 3 is 3.08 bits per heavy atom. The lowest BCUT2D eigenvalue weighted by Gasteiger charge is -2.00. The van der Waals surface area contributed by atoms with Gasteiger partial charge in [0.1, 0.15) is 11.8 Å². The number of rotatable bonds is 3. The maximum atomic E-state index is 11.0. The van der Waals surface area contributed by atoms with Gasteiger partial charge in [0.15, 0.2) is 5.78 Å². The first-order valence-corrected chi connectivity index (χ1v) is 3.85. The highest BCUT2D eigenvalue weighted by molar-refractivity contribution is 5.78. The monoisotopic (exact) mass is 162 g/mol. The Morgan fingerprint density at radius 2 is 2.50 bits per heavy atom. The zero-order valence-electron chi connectivity index (χ0n) is 6.95. The van der Waals surface area contributed by atoms with Crippen LogP contribution in [0.25, 0.3) is 0 Å². The third kappa shape index (κ3) is 1.73. The number of carbonyl (C=O) groups is 1. The minimum Gasteiger partial charge on any atom is -0.332 e. The van der Waals surface area contributed by atoms with E-state index in [1.807, 2.05) is 13.0 Å². The standard InChI is InChI=1S/C9H10N2O/c1-2-9(12)7-11-5-3-4-8(11)6-10/h3-5H,2,7H2,1H3. The highest BCUT2D eigenvalue weighted by Gasteiger charge is 2.02. The van der Waals surface area contributed by atoms with Crippen LogP contribution in [0, 0.1) is 11.3 Å². The molecular formula is C9H10N2O. The summed E-state index contributed by atoms with van der Waals surface area (Å²) in [5.74, 6) is 0.141. The Labute approximate surface area is 71.2 Å². The van der Waals surface area contributed by atoms with Crippen molar-refractivity contribution in [2.75, 3.05) is 0 Å². The van der Waals surface area contributed by atoms with Crippen LogP contribution in [-0.2, 0) is 11.3 Å². The van der Waals surface area contributed by atoms with E-state index < -0.39 is 0 Å². The van der Waals surface area contributed by atoms with Crippen molar-refractivity contribution in [3.63, 3.8) is 0 Å². The summed E-state index contributed by atoms with van der Waals surface area (Å²) in [5.41, 5.74) is 0.539. The Hall–Kier alpha value is -1.56. The van der Waals surface area contributed by atoms with Gasteiger partial charge in [0, 0.05) is 12.6 Å². The first kappa shape index (κ1) is 8.54. The van der Waals surface area contributed by atoms with E-state index in [1.54, 1.807) is 22.9 Å². The van der Waals surface area contributed by atoms with Crippen LogP contribution in [0.15, 0.2) is 18.3 Å². The summed E-state index contributed by atoms with van der Waals surface area (Å²) in [6.07, 6.45) is 2.26. The van der Waals surface area contributed by atoms with E-state index in [0.29, 0.717) is 18.7 Å². The molecule has 0 saturated carbocycles. The molecule has 3 nitrogen and oxygen atoms in total. The second-order valence-electron chi connectivity index (χ2n) is 2.53. The molecule has 0 aromatic carbocycles. The van der Waals surface area contributed by atoms with Gasteiger partial charge in [-0.1, -0.05) is 6.92 Å². The minimum atomic E-state index is 0.141. The second-order valence-corrected chi connectivity index (χ2v) is 2.53. The molecule has 0 spiro atoms. The van der Waals surface area contributed by atoms with Gasteiger partial charge in [-0.3, -0.25) is 4.79 Å². The van der Waals surface area contributed by atoms with Crippen molar-refractivity contribution in [3.8, 4) is 6.07 Å². The van der Waals surface area contributed by atoms with Crippen molar-refractivity contribution in [2.24, 2.45) is 0 Å². The lowest BCUT2D eigenvalue weighted by molar-refractivity contribution is -0.119. The molecule has 0 radical (unpaired) electrons. The van der Waals surface area contributed by atoms with Gasteiger partial charge in [0.05, 0.1) is 6.54 Å². The second kappa shape index (κ2) is 3.72. The van der Waals surface area contributed by atoms with Crippen molar-refractivity contribution in [3.05, 3.63) is 24.0 Å². The molecule has 0 fully saturated rings. The molecule has 12 heavy (non-hydrogen) atoms. The fourth-order valence-corrected chi connectivity index (χ4v) is 0.955. The van der Waals surface area contributed by atoms with Crippen LogP contribution in [0.2, 0.25) is 0 Å². The lowest BCUT2D eigenvalue weighted by atomic mass is 10.3. The van der Waals surface area contributed by atoms with Crippen molar-refractivity contribution in [1.29, 1.82) is 5.26 Å². The summed E-state index contributed by atoms with van der Waals surface area (Å²) in [6, 6.07) is 5.48. The summed E-state index contributed by atoms with van der Waals surface area (Å²) in [5, 5.41) is 8.61. The Bertz CT molecular complexity index is 320. The number of Topliss-reactive ketones (excluding diaryl/α,β-unsaturated/α-hetero) is 1. The van der Waals surface area contributed by atoms with Crippen molar-refractivity contribution < 1.29 is 4.79 Å². The fourth-order valence-electron chi connectivity index (χ4n) is 0.955. The molecule has 0 aliphatic rings. The van der Waals surface area contributed by atoms with Crippen LogP contribution in [0.1, 0.15) is 19.0 Å². The minimum absolute atomic E-state index is 0.141. The molecule has 0 aliphatic carbocycles. The van der Waals surface area contributed by atoms with Gasteiger partial charge >= 0.3 is 0 Å². The number of hydrogen-bond donors (Lipinski definition) is 0. The van der Waals surface area contributed by atoms with E-state index in [4.69, 9.17) is 5.26 Å². The first-order chi connectivity index (χ1) is 5.77. The normalized spacial score (nSPS) is 9.33. The largest absolute Gasteiger partial charge is 0.332 e. The lowest BCUT2D eigenvalue weighted by Crippen LogP contribution is -2.08. The molecule has 0 bridgehead atoms. The van der Waals surface area contributed by atoms with Crippen LogP contribution >= 0.6 is 0 Å². The van der Waals surface area contributed by atoms with Crippen molar-refractivity contribution in [2.45, 2.75) is 19.9 Å². The summed E-state index contributed by atoms with van der Waals surface area (Å²) in [4.78, 5) is 11.0. The van der Waals surface area contributed by atoms with Gasteiger partial charge in [-0.15, -0.1) is 0 Å². The number of carbonyl (C=O) groups excluding carboxylic acids is 1. The molecule has 3 heteroatoms. The molecule has 1 aromatic rings. The van der Waals surface area contributed by atoms with Crippen LogP contribution in [0.3, 0.4) is 0 Å². The van der Waals surface area contributed by atoms with Gasteiger partial charge in [-0.25, -0.2) is 0 Å². The molecule has 0 aliphatic heterocycles. The van der Waals surface area contributed by atoms with Gasteiger partial charge in [-0.2, -0.15) is 5.26 Å². The smallest absolute Gasteiger partial charge is 0.152 e. The van der Waals surface area contributed by atoms with E-state index >= 15 is 0 Å². The van der Waals surface area contributed by atoms with E-state index in [2.05, 4.69) is 0 Å². The molecule has 62 valence electrons. The number of ketones is 1. The molecule has 0 N–H and O–H groups in total. The molecule has 0 atom stereocenters. The van der Waals surface area contributed by atoms with Gasteiger partial charge in [0.2, 0.25) is 0 Å². The topological polar surface area (TPSA) is 45.8 Å². The molecule has 0 unspecified atom stereocenters. The third-order valence-corrected chi connectivity index (χ3v) is 1.69. The molecule has 0 amide bonds. The van der Waals surface area contributed by atoms with E-state index in [-0.39, 0.29) is 5.78 Å². The number of nitrogens with zero attached hydrogens (tertiary/aromatic N) is 2.